The Morgan fingerprint density at radius 1 is 0.515 bits per heavy atom. The number of anilines is 3. The first kappa shape index (κ1) is 43.9. The molecule has 6 heteroatoms. The maximum Gasteiger partial charge on any atom is 0.240 e. The fraction of sp³-hybridized carbons (Fsp3) is 0.200. The second kappa shape index (κ2) is 16.4. The summed E-state index contributed by atoms with van der Waals surface area (Å²) in [6.45, 7) is 18.1. The van der Waals surface area contributed by atoms with Crippen LogP contribution in [0.2, 0.25) is 0 Å². The van der Waals surface area contributed by atoms with Crippen molar-refractivity contribution in [2.24, 2.45) is 0 Å². The van der Waals surface area contributed by atoms with Crippen LogP contribution >= 0.6 is 22.4 Å². The molecule has 1 aliphatic carbocycles. The summed E-state index contributed by atoms with van der Waals surface area (Å²) in [5.74, 6) is 0. The molecule has 0 unspecified atom stereocenters. The minimum absolute atomic E-state index is 0. The topological polar surface area (TPSA) is 29.0 Å². The van der Waals surface area contributed by atoms with Gasteiger partial charge >= 0.3 is 0 Å². The van der Waals surface area contributed by atoms with Crippen LogP contribution < -0.4 is 15.3 Å². The first-order chi connectivity index (χ1) is 31.4. The lowest BCUT2D eigenvalue weighted by Gasteiger charge is -2.34. The predicted octanol–water partition coefficient (Wildman–Crippen LogP) is 15.5. The Kier molecular flexibility index (Phi) is 10.9. The van der Waals surface area contributed by atoms with E-state index in [-0.39, 0.29) is 7.43 Å². The van der Waals surface area contributed by atoms with Gasteiger partial charge in [-0.05, 0) is 210 Å². The van der Waals surface area contributed by atoms with Crippen molar-refractivity contribution in [1.29, 1.82) is 0 Å². The highest BCUT2D eigenvalue weighted by Gasteiger charge is 2.44. The number of allylic oxidation sites excluding steroid dienone is 1. The Hall–Kier alpha value is -5.92. The Balaban J connectivity index is 0.00000511. The molecule has 0 amide bonds. The quantitative estimate of drug-likeness (QED) is 0.117. The number of fused-ring (bicyclic) bond motifs is 3. The zero-order chi connectivity index (χ0) is 45.1. The van der Waals surface area contributed by atoms with Crippen LogP contribution in [0.25, 0.3) is 66.7 Å². The standard InChI is InChI=1S/C59H53N3S2Si.CH4/c1-33-22-37(5)58(38(6)23-33)62(59-39(7)24-34(2)25-40(59)8)53-27-35(3)47(26-36(53)4)42-18-19-43-28-45-29-44-14-13-15-46-48(32-55(57(45)56(44)46)65(63-9,64-10)54(43)31-42)41-20-21-51-52(30-41)61-50-17-12-11-16-49(50)60-51;/h11-28,30-32H,29H2,1-10H3;1H4. The third-order valence-electron chi connectivity index (χ3n) is 14.1. The van der Waals surface area contributed by atoms with Crippen LogP contribution in [0.4, 0.5) is 17.1 Å². The number of hydrogen-bond donors (Lipinski definition) is 0. The predicted molar refractivity (Wildman–Crippen MR) is 295 cm³/mol. The zero-order valence-corrected chi connectivity index (χ0v) is 41.6. The van der Waals surface area contributed by atoms with Crippen molar-refractivity contribution in [3.8, 4) is 22.3 Å². The van der Waals surface area contributed by atoms with Gasteiger partial charge in [-0.15, -0.1) is 0 Å². The van der Waals surface area contributed by atoms with E-state index in [0.29, 0.717) is 0 Å². The van der Waals surface area contributed by atoms with Gasteiger partial charge in [0.15, 0.2) is 0 Å². The zero-order valence-electron chi connectivity index (χ0n) is 39.0. The van der Waals surface area contributed by atoms with Crippen LogP contribution in [0.15, 0.2) is 121 Å². The largest absolute Gasteiger partial charge is 0.309 e. The van der Waals surface area contributed by atoms with E-state index in [4.69, 9.17) is 9.97 Å². The molecule has 2 heterocycles. The molecule has 0 fully saturated rings. The van der Waals surface area contributed by atoms with E-state index < -0.39 is 6.37 Å². The molecule has 0 radical (unpaired) electrons. The number of aromatic nitrogens is 2. The highest BCUT2D eigenvalue weighted by atomic mass is 32.6. The lowest BCUT2D eigenvalue weighted by atomic mass is 9.93. The van der Waals surface area contributed by atoms with E-state index in [1.165, 1.54) is 127 Å². The summed E-state index contributed by atoms with van der Waals surface area (Å²) >= 11 is 4.19. The second-order valence-corrected chi connectivity index (χ2v) is 28.6. The first-order valence-corrected chi connectivity index (χ1v) is 28.6. The molecular formula is C60H57N3S2Si. The number of hydrogen-bond acceptors (Lipinski definition) is 5. The van der Waals surface area contributed by atoms with E-state index in [2.05, 4.69) is 204 Å². The first-order valence-electron chi connectivity index (χ1n) is 22.7. The highest BCUT2D eigenvalue weighted by molar-refractivity contribution is 8.60. The van der Waals surface area contributed by atoms with Crippen LogP contribution in [0.1, 0.15) is 68.6 Å². The third kappa shape index (κ3) is 6.78. The van der Waals surface area contributed by atoms with E-state index in [0.717, 1.165) is 28.5 Å². The highest BCUT2D eigenvalue weighted by Crippen LogP contribution is 2.49. The van der Waals surface area contributed by atoms with Crippen LogP contribution in [0, 0.1) is 55.4 Å². The number of aryl methyl sites for hydroxylation is 8. The summed E-state index contributed by atoms with van der Waals surface area (Å²) in [6.07, 6.45) is 5.70. The Labute approximate surface area is 399 Å². The monoisotopic (exact) mass is 911 g/mol. The van der Waals surface area contributed by atoms with Crippen molar-refractivity contribution in [1.82, 2.24) is 9.97 Å². The molecule has 328 valence electrons. The normalized spacial score (nSPS) is 13.5. The molecule has 8 aromatic carbocycles. The molecule has 0 N–H and O–H groups in total. The van der Waals surface area contributed by atoms with Crippen molar-refractivity contribution < 1.29 is 0 Å². The van der Waals surface area contributed by atoms with Crippen LogP contribution in [-0.2, 0) is 6.42 Å². The molecule has 3 nitrogen and oxygen atoms in total. The summed E-state index contributed by atoms with van der Waals surface area (Å²) in [6, 6.07) is 46.0. The number of nitrogens with zero attached hydrogens (tertiary/aromatic N) is 3. The molecule has 0 saturated carbocycles. The molecule has 1 aliphatic heterocycles. The molecule has 66 heavy (non-hydrogen) atoms. The van der Waals surface area contributed by atoms with Crippen LogP contribution in [0.5, 0.6) is 0 Å². The van der Waals surface area contributed by atoms with Gasteiger partial charge < -0.3 is 4.90 Å². The van der Waals surface area contributed by atoms with Gasteiger partial charge in [0.05, 0.1) is 33.4 Å². The smallest absolute Gasteiger partial charge is 0.240 e. The fourth-order valence-corrected chi connectivity index (χ4v) is 21.3. The fourth-order valence-electron chi connectivity index (χ4n) is 11.5. The third-order valence-corrected chi connectivity index (χ3v) is 26.6. The average molecular weight is 912 g/mol. The molecular weight excluding hydrogens is 855 g/mol. The lowest BCUT2D eigenvalue weighted by molar-refractivity contribution is 1.15. The van der Waals surface area contributed by atoms with Crippen molar-refractivity contribution in [2.45, 2.75) is 69.2 Å². The summed E-state index contributed by atoms with van der Waals surface area (Å²) in [4.78, 5) is 12.6. The second-order valence-electron chi connectivity index (χ2n) is 18.6. The Morgan fingerprint density at radius 2 is 1.11 bits per heavy atom. The molecule has 9 aromatic rings. The summed E-state index contributed by atoms with van der Waals surface area (Å²) in [5.41, 5.74) is 28.5. The van der Waals surface area contributed by atoms with Gasteiger partial charge in [-0.3, -0.25) is 0 Å². The van der Waals surface area contributed by atoms with Gasteiger partial charge in [0.1, 0.15) is 0 Å². The van der Waals surface area contributed by atoms with Gasteiger partial charge in [-0.1, -0.05) is 110 Å². The maximum absolute atomic E-state index is 5.11. The van der Waals surface area contributed by atoms with Crippen molar-refractivity contribution in [3.05, 3.63) is 183 Å². The molecule has 11 rings (SSSR count). The molecule has 0 atom stereocenters. The van der Waals surface area contributed by atoms with Crippen LogP contribution in [-0.4, -0.2) is 28.9 Å². The van der Waals surface area contributed by atoms with Gasteiger partial charge in [0.25, 0.3) is 0 Å². The van der Waals surface area contributed by atoms with Gasteiger partial charge in [0, 0.05) is 5.69 Å². The minimum atomic E-state index is -2.50. The van der Waals surface area contributed by atoms with Crippen molar-refractivity contribution in [2.75, 3.05) is 17.4 Å². The van der Waals surface area contributed by atoms with Gasteiger partial charge in [-0.2, -0.15) is 22.4 Å². The van der Waals surface area contributed by atoms with Crippen molar-refractivity contribution in [3.63, 3.8) is 0 Å². The van der Waals surface area contributed by atoms with E-state index in [1.54, 1.807) is 0 Å². The van der Waals surface area contributed by atoms with E-state index in [1.807, 2.05) is 18.2 Å². The van der Waals surface area contributed by atoms with Gasteiger partial charge in [-0.25, -0.2) is 9.97 Å². The van der Waals surface area contributed by atoms with Crippen LogP contribution in [0.3, 0.4) is 0 Å². The SMILES string of the molecule is C.CS[Si]1(SC)c2cc(-c3cc(C)c(N(c4c(C)cc(C)cc4C)c4c(C)cc(C)cc4C)cc3C)ccc2C=C2Cc3cccc4c(-c5ccc6nc7ccccc7nc6c5)cc1c2c34. The number of benzene rings is 8. The minimum Gasteiger partial charge on any atom is -0.309 e. The molecule has 2 aliphatic rings. The van der Waals surface area contributed by atoms with E-state index in [9.17, 15) is 0 Å². The number of rotatable bonds is 7. The lowest BCUT2D eigenvalue weighted by Crippen LogP contribution is -2.54. The van der Waals surface area contributed by atoms with E-state index >= 15 is 0 Å². The molecule has 0 bridgehead atoms. The number of para-hydroxylation sites is 2. The summed E-state index contributed by atoms with van der Waals surface area (Å²) < 4.78 is 0. The Bertz CT molecular complexity index is 3440. The van der Waals surface area contributed by atoms with Gasteiger partial charge in [0.2, 0.25) is 6.37 Å². The van der Waals surface area contributed by atoms with Crippen molar-refractivity contribution >= 4 is 101 Å². The molecule has 1 aromatic heterocycles. The Morgan fingerprint density at radius 3 is 1.74 bits per heavy atom. The summed E-state index contributed by atoms with van der Waals surface area (Å²) in [7, 11) is 0. The maximum atomic E-state index is 5.11. The summed E-state index contributed by atoms with van der Waals surface area (Å²) in [5, 5.41) is 5.75. The average Bonchev–Trinajstić information content (AvgIpc) is 3.60. The molecule has 0 saturated heterocycles. The molecule has 0 spiro atoms.